The smallest absolute Gasteiger partial charge is 0.310 e. The summed E-state index contributed by atoms with van der Waals surface area (Å²) in [5.74, 6) is 0.681. The minimum Gasteiger partial charge on any atom is -0.466 e. The second-order valence-corrected chi connectivity index (χ2v) is 6.24. The summed E-state index contributed by atoms with van der Waals surface area (Å²) in [6.07, 6.45) is 1.87. The SMILES string of the molecule is CCOC(=O)C1CCCN(C(=NC)NCc2scnc2C)C1. The highest BCUT2D eigenvalue weighted by molar-refractivity contribution is 7.09. The first kappa shape index (κ1) is 16.7. The quantitative estimate of drug-likeness (QED) is 0.520. The van der Waals surface area contributed by atoms with Crippen LogP contribution in [0, 0.1) is 12.8 Å². The maximum Gasteiger partial charge on any atom is 0.310 e. The van der Waals surface area contributed by atoms with Crippen molar-refractivity contribution in [2.75, 3.05) is 26.7 Å². The summed E-state index contributed by atoms with van der Waals surface area (Å²) in [6, 6.07) is 0. The molecule has 0 spiro atoms. The summed E-state index contributed by atoms with van der Waals surface area (Å²) >= 11 is 1.64. The van der Waals surface area contributed by atoms with Crippen molar-refractivity contribution in [2.45, 2.75) is 33.2 Å². The molecular weight excluding hydrogens is 300 g/mol. The number of thiazole rings is 1. The minimum atomic E-state index is -0.0963. The number of likely N-dealkylation sites (tertiary alicyclic amines) is 1. The number of guanidine groups is 1. The summed E-state index contributed by atoms with van der Waals surface area (Å²) in [5, 5.41) is 3.37. The van der Waals surface area contributed by atoms with E-state index in [1.165, 1.54) is 4.88 Å². The monoisotopic (exact) mass is 324 g/mol. The molecule has 0 radical (unpaired) electrons. The Kier molecular flexibility index (Phi) is 6.18. The van der Waals surface area contributed by atoms with Crippen LogP contribution in [-0.4, -0.2) is 48.6 Å². The molecule has 6 nitrogen and oxygen atoms in total. The number of hydrogen-bond donors (Lipinski definition) is 1. The molecule has 2 rings (SSSR count). The number of hydrogen-bond acceptors (Lipinski definition) is 5. The van der Waals surface area contributed by atoms with Crippen molar-refractivity contribution in [3.63, 3.8) is 0 Å². The number of aliphatic imine (C=N–C) groups is 1. The summed E-state index contributed by atoms with van der Waals surface area (Å²) in [6.45, 7) is 6.58. The molecule has 0 bridgehead atoms. The van der Waals surface area contributed by atoms with Crippen molar-refractivity contribution in [2.24, 2.45) is 10.9 Å². The molecule has 1 aromatic heterocycles. The van der Waals surface area contributed by atoms with E-state index in [9.17, 15) is 4.79 Å². The molecule has 7 heteroatoms. The molecule has 2 heterocycles. The fourth-order valence-electron chi connectivity index (χ4n) is 2.61. The van der Waals surface area contributed by atoms with Crippen LogP contribution in [0.2, 0.25) is 0 Å². The van der Waals surface area contributed by atoms with E-state index in [2.05, 4.69) is 20.2 Å². The van der Waals surface area contributed by atoms with Gasteiger partial charge in [-0.15, -0.1) is 11.3 Å². The van der Waals surface area contributed by atoms with Crippen molar-refractivity contribution >= 4 is 23.3 Å². The molecule has 122 valence electrons. The standard InChI is InChI=1S/C15H24N4O2S/c1-4-21-14(20)12-6-5-7-19(9-12)15(16-3)17-8-13-11(2)18-10-22-13/h10,12H,4-9H2,1-3H3,(H,16,17). The van der Waals surface area contributed by atoms with Gasteiger partial charge in [-0.05, 0) is 26.7 Å². The van der Waals surface area contributed by atoms with E-state index in [0.29, 0.717) is 19.7 Å². The molecule has 1 N–H and O–H groups in total. The van der Waals surface area contributed by atoms with Crippen LogP contribution in [0.1, 0.15) is 30.3 Å². The number of rotatable bonds is 4. The van der Waals surface area contributed by atoms with Crippen LogP contribution in [0.3, 0.4) is 0 Å². The first-order valence-corrected chi connectivity index (χ1v) is 8.54. The fraction of sp³-hybridized carbons (Fsp3) is 0.667. The Morgan fingerprint density at radius 3 is 3.09 bits per heavy atom. The van der Waals surface area contributed by atoms with Crippen molar-refractivity contribution < 1.29 is 9.53 Å². The summed E-state index contributed by atoms with van der Waals surface area (Å²) in [5.41, 5.74) is 2.91. The third-order valence-corrected chi connectivity index (χ3v) is 4.74. The number of carbonyl (C=O) groups excluding carboxylic acids is 1. The lowest BCUT2D eigenvalue weighted by molar-refractivity contribution is -0.149. The average Bonchev–Trinajstić information content (AvgIpc) is 2.94. The van der Waals surface area contributed by atoms with Crippen LogP contribution in [0.15, 0.2) is 10.5 Å². The normalized spacial score (nSPS) is 19.1. The van der Waals surface area contributed by atoms with E-state index in [1.54, 1.807) is 18.4 Å². The Bertz CT molecular complexity index is 529. The van der Waals surface area contributed by atoms with Gasteiger partial charge in [-0.1, -0.05) is 0 Å². The maximum absolute atomic E-state index is 11.9. The molecule has 1 fully saturated rings. The van der Waals surface area contributed by atoms with Gasteiger partial charge in [0.25, 0.3) is 0 Å². The van der Waals surface area contributed by atoms with Crippen LogP contribution in [0.4, 0.5) is 0 Å². The largest absolute Gasteiger partial charge is 0.466 e. The molecule has 1 atom stereocenters. The van der Waals surface area contributed by atoms with E-state index in [0.717, 1.165) is 31.0 Å². The summed E-state index contributed by atoms with van der Waals surface area (Å²) in [4.78, 5) is 23.9. The average molecular weight is 324 g/mol. The van der Waals surface area contributed by atoms with Crippen molar-refractivity contribution in [3.8, 4) is 0 Å². The fourth-order valence-corrected chi connectivity index (χ4v) is 3.33. The molecule has 0 aliphatic carbocycles. The second kappa shape index (κ2) is 8.12. The van der Waals surface area contributed by atoms with Crippen molar-refractivity contribution in [3.05, 3.63) is 16.1 Å². The number of nitrogens with zero attached hydrogens (tertiary/aromatic N) is 3. The Labute approximate surface area is 135 Å². The summed E-state index contributed by atoms with van der Waals surface area (Å²) in [7, 11) is 1.77. The Morgan fingerprint density at radius 2 is 2.45 bits per heavy atom. The molecular formula is C15H24N4O2S. The number of ether oxygens (including phenoxy) is 1. The number of carbonyl (C=O) groups is 1. The zero-order valence-electron chi connectivity index (χ0n) is 13.5. The van der Waals surface area contributed by atoms with Gasteiger partial charge in [0.15, 0.2) is 5.96 Å². The maximum atomic E-state index is 11.9. The molecule has 1 aromatic rings. The van der Waals surface area contributed by atoms with Gasteiger partial charge in [0.1, 0.15) is 0 Å². The molecule has 0 amide bonds. The van der Waals surface area contributed by atoms with Gasteiger partial charge in [0.2, 0.25) is 0 Å². The predicted octanol–water partition coefficient (Wildman–Crippen LogP) is 1.80. The van der Waals surface area contributed by atoms with Crippen LogP contribution >= 0.6 is 11.3 Å². The first-order chi connectivity index (χ1) is 10.7. The van der Waals surface area contributed by atoms with Gasteiger partial charge in [-0.3, -0.25) is 9.79 Å². The number of aryl methyl sites for hydroxylation is 1. The second-order valence-electron chi connectivity index (χ2n) is 5.30. The number of esters is 1. The molecule has 0 saturated carbocycles. The number of aromatic nitrogens is 1. The zero-order chi connectivity index (χ0) is 15.9. The molecule has 1 aliphatic rings. The lowest BCUT2D eigenvalue weighted by atomic mass is 9.98. The van der Waals surface area contributed by atoms with Crippen molar-refractivity contribution in [1.29, 1.82) is 0 Å². The molecule has 1 unspecified atom stereocenters. The molecule has 1 aliphatic heterocycles. The lowest BCUT2D eigenvalue weighted by Gasteiger charge is -2.33. The van der Waals surface area contributed by atoms with Crippen LogP contribution in [0.5, 0.6) is 0 Å². The topological polar surface area (TPSA) is 66.8 Å². The Balaban J connectivity index is 1.92. The van der Waals surface area contributed by atoms with E-state index in [4.69, 9.17) is 4.74 Å². The molecule has 0 aromatic carbocycles. The van der Waals surface area contributed by atoms with Gasteiger partial charge in [-0.2, -0.15) is 0 Å². The van der Waals surface area contributed by atoms with Gasteiger partial charge >= 0.3 is 5.97 Å². The van der Waals surface area contributed by atoms with E-state index >= 15 is 0 Å². The number of piperidine rings is 1. The molecule has 1 saturated heterocycles. The Morgan fingerprint density at radius 1 is 1.64 bits per heavy atom. The van der Waals surface area contributed by atoms with Gasteiger partial charge in [0, 0.05) is 25.0 Å². The van der Waals surface area contributed by atoms with Gasteiger partial charge in [-0.25, -0.2) is 4.98 Å². The van der Waals surface area contributed by atoms with E-state index in [1.807, 2.05) is 19.4 Å². The highest BCUT2D eigenvalue weighted by Crippen LogP contribution is 2.18. The third kappa shape index (κ3) is 4.19. The van der Waals surface area contributed by atoms with Crippen LogP contribution in [-0.2, 0) is 16.1 Å². The molecule has 22 heavy (non-hydrogen) atoms. The summed E-state index contributed by atoms with van der Waals surface area (Å²) < 4.78 is 5.15. The lowest BCUT2D eigenvalue weighted by Crippen LogP contribution is -2.48. The first-order valence-electron chi connectivity index (χ1n) is 7.66. The predicted molar refractivity (Wildman–Crippen MR) is 88.0 cm³/mol. The zero-order valence-corrected chi connectivity index (χ0v) is 14.3. The van der Waals surface area contributed by atoms with Gasteiger partial charge < -0.3 is 15.0 Å². The van der Waals surface area contributed by atoms with Crippen LogP contribution in [0.25, 0.3) is 0 Å². The highest BCUT2D eigenvalue weighted by atomic mass is 32.1. The highest BCUT2D eigenvalue weighted by Gasteiger charge is 2.28. The Hall–Kier alpha value is -1.63. The number of nitrogens with one attached hydrogen (secondary N) is 1. The van der Waals surface area contributed by atoms with Crippen molar-refractivity contribution in [1.82, 2.24) is 15.2 Å². The third-order valence-electron chi connectivity index (χ3n) is 3.80. The minimum absolute atomic E-state index is 0.0580. The van der Waals surface area contributed by atoms with Gasteiger partial charge in [0.05, 0.1) is 30.3 Å². The van der Waals surface area contributed by atoms with Crippen LogP contribution < -0.4 is 5.32 Å². The van der Waals surface area contributed by atoms with E-state index in [-0.39, 0.29) is 11.9 Å². The van der Waals surface area contributed by atoms with E-state index < -0.39 is 0 Å².